The van der Waals surface area contributed by atoms with E-state index in [1.807, 2.05) is 6.07 Å². The lowest BCUT2D eigenvalue weighted by Crippen LogP contribution is -2.27. The first-order valence-corrected chi connectivity index (χ1v) is 11.3. The van der Waals surface area contributed by atoms with Crippen LogP contribution in [0.4, 0.5) is 10.6 Å². The van der Waals surface area contributed by atoms with Crippen molar-refractivity contribution < 1.29 is 14.3 Å². The van der Waals surface area contributed by atoms with Crippen molar-refractivity contribution in [2.45, 2.75) is 58.8 Å². The highest BCUT2D eigenvalue weighted by Gasteiger charge is 2.19. The van der Waals surface area contributed by atoms with Crippen LogP contribution < -0.4 is 5.32 Å². The first-order chi connectivity index (χ1) is 10.5. The van der Waals surface area contributed by atoms with Gasteiger partial charge in [0.15, 0.2) is 5.82 Å². The van der Waals surface area contributed by atoms with Crippen molar-refractivity contribution in [2.24, 2.45) is 0 Å². The van der Waals surface area contributed by atoms with Crippen molar-refractivity contribution >= 4 is 20.0 Å². The number of carbonyl (C=O) groups is 1. The monoisotopic (exact) mass is 338 g/mol. The minimum Gasteiger partial charge on any atom is -0.444 e. The summed E-state index contributed by atoms with van der Waals surface area (Å²) in [5.74, 6) is 0.176. The smallest absolute Gasteiger partial charge is 0.413 e. The van der Waals surface area contributed by atoms with Crippen LogP contribution in [0.25, 0.3) is 0 Å². The van der Waals surface area contributed by atoms with Gasteiger partial charge in [0, 0.05) is 20.9 Å². The molecule has 0 saturated heterocycles. The summed E-state index contributed by atoms with van der Waals surface area (Å²) in [7, 11) is -1.13. The lowest BCUT2D eigenvalue weighted by molar-refractivity contribution is 0.0633. The Morgan fingerprint density at radius 1 is 1.43 bits per heavy atom. The fourth-order valence-electron chi connectivity index (χ4n) is 1.60. The zero-order chi connectivity index (χ0) is 17.7. The van der Waals surface area contributed by atoms with Gasteiger partial charge in [-0.2, -0.15) is 10.4 Å². The molecule has 7 nitrogen and oxygen atoms in total. The highest BCUT2D eigenvalue weighted by molar-refractivity contribution is 6.76. The number of anilines is 1. The molecular formula is C15H26N4O3Si. The van der Waals surface area contributed by atoms with E-state index in [9.17, 15) is 4.79 Å². The van der Waals surface area contributed by atoms with Gasteiger partial charge in [0.05, 0.1) is 0 Å². The molecule has 1 heterocycles. The second-order valence-electron chi connectivity index (χ2n) is 7.52. The number of nitrogens with zero attached hydrogens (tertiary/aromatic N) is 3. The van der Waals surface area contributed by atoms with Crippen molar-refractivity contribution in [3.05, 3.63) is 11.8 Å². The van der Waals surface area contributed by atoms with Crippen molar-refractivity contribution in [1.82, 2.24) is 9.78 Å². The topological polar surface area (TPSA) is 89.2 Å². The molecule has 23 heavy (non-hydrogen) atoms. The molecule has 0 aliphatic rings. The van der Waals surface area contributed by atoms with Crippen LogP contribution >= 0.6 is 0 Å². The molecule has 1 rings (SSSR count). The van der Waals surface area contributed by atoms with Gasteiger partial charge < -0.3 is 9.47 Å². The molecule has 0 unspecified atom stereocenters. The molecule has 0 saturated carbocycles. The van der Waals surface area contributed by atoms with Gasteiger partial charge >= 0.3 is 6.09 Å². The van der Waals surface area contributed by atoms with E-state index in [1.54, 1.807) is 27.0 Å². The summed E-state index contributed by atoms with van der Waals surface area (Å²) in [6.07, 6.45) is 0.903. The number of nitrogens with one attached hydrogen (secondary N) is 1. The van der Waals surface area contributed by atoms with Crippen molar-refractivity contribution in [3.8, 4) is 6.07 Å². The van der Waals surface area contributed by atoms with Gasteiger partial charge in [-0.25, -0.2) is 9.48 Å². The Balaban J connectivity index is 2.60. The van der Waals surface area contributed by atoms with Gasteiger partial charge in [-0.15, -0.1) is 0 Å². The molecule has 0 aromatic carbocycles. The number of rotatable bonds is 6. The number of carbonyl (C=O) groups excluding carboxylic acids is 1. The van der Waals surface area contributed by atoms with Crippen LogP contribution in [0.2, 0.25) is 25.7 Å². The minimum atomic E-state index is -1.13. The summed E-state index contributed by atoms with van der Waals surface area (Å²) in [4.78, 5) is 11.8. The highest BCUT2D eigenvalue weighted by atomic mass is 28.3. The standard InChI is InChI=1S/C15H26N4O3Si/c1-15(2,3)22-14(20)17-13-12(9-16)10-19(18-13)11-21-7-8-23(4,5)6/h10H,7-8,11H2,1-6H3,(H,17,18,20). The number of aromatic nitrogens is 2. The van der Waals surface area contributed by atoms with Crippen LogP contribution in [0.3, 0.4) is 0 Å². The minimum absolute atomic E-state index is 0.176. The van der Waals surface area contributed by atoms with E-state index in [0.717, 1.165) is 6.04 Å². The van der Waals surface area contributed by atoms with E-state index in [1.165, 1.54) is 4.68 Å². The number of hydrogen-bond acceptors (Lipinski definition) is 5. The van der Waals surface area contributed by atoms with E-state index in [-0.39, 0.29) is 18.1 Å². The van der Waals surface area contributed by atoms with Gasteiger partial charge in [0.25, 0.3) is 0 Å². The summed E-state index contributed by atoms with van der Waals surface area (Å²) in [5, 5.41) is 15.8. The lowest BCUT2D eigenvalue weighted by Gasteiger charge is -2.19. The Hall–Kier alpha value is -1.85. The number of nitriles is 1. The average molecular weight is 338 g/mol. The van der Waals surface area contributed by atoms with E-state index in [2.05, 4.69) is 30.1 Å². The Kier molecular flexibility index (Phi) is 6.35. The zero-order valence-corrected chi connectivity index (χ0v) is 15.8. The SMILES string of the molecule is CC(C)(C)OC(=O)Nc1nn(COCC[Si](C)(C)C)cc1C#N. The largest absolute Gasteiger partial charge is 0.444 e. The normalized spacial score (nSPS) is 11.9. The van der Waals surface area contributed by atoms with Gasteiger partial charge in [-0.05, 0) is 26.8 Å². The molecule has 128 valence electrons. The lowest BCUT2D eigenvalue weighted by atomic mass is 10.2. The van der Waals surface area contributed by atoms with Crippen molar-refractivity contribution in [1.29, 1.82) is 5.26 Å². The molecule has 1 aromatic heterocycles. The van der Waals surface area contributed by atoms with Gasteiger partial charge in [0.1, 0.15) is 24.0 Å². The molecule has 0 bridgehead atoms. The molecule has 0 fully saturated rings. The number of amides is 1. The predicted molar refractivity (Wildman–Crippen MR) is 90.9 cm³/mol. The third-order valence-electron chi connectivity index (χ3n) is 2.72. The zero-order valence-electron chi connectivity index (χ0n) is 14.8. The highest BCUT2D eigenvalue weighted by Crippen LogP contribution is 2.15. The Labute approximate surface area is 138 Å². The van der Waals surface area contributed by atoms with E-state index >= 15 is 0 Å². The van der Waals surface area contributed by atoms with E-state index < -0.39 is 19.8 Å². The Bertz CT molecular complexity index is 579. The summed E-state index contributed by atoms with van der Waals surface area (Å²) >= 11 is 0. The summed E-state index contributed by atoms with van der Waals surface area (Å²) in [6.45, 7) is 13.0. The van der Waals surface area contributed by atoms with Crippen LogP contribution in [0.15, 0.2) is 6.20 Å². The molecular weight excluding hydrogens is 312 g/mol. The quantitative estimate of drug-likeness (QED) is 0.634. The molecule has 1 aromatic rings. The second kappa shape index (κ2) is 7.61. The third-order valence-corrected chi connectivity index (χ3v) is 4.43. The molecule has 8 heteroatoms. The molecule has 0 radical (unpaired) electrons. The van der Waals surface area contributed by atoms with Crippen molar-refractivity contribution in [3.63, 3.8) is 0 Å². The van der Waals surface area contributed by atoms with E-state index in [4.69, 9.17) is 14.7 Å². The average Bonchev–Trinajstić information content (AvgIpc) is 2.73. The number of ether oxygens (including phenoxy) is 2. The molecule has 1 amide bonds. The third kappa shape index (κ3) is 7.81. The van der Waals surface area contributed by atoms with E-state index in [0.29, 0.717) is 6.61 Å². The van der Waals surface area contributed by atoms with Crippen LogP contribution in [0.1, 0.15) is 26.3 Å². The summed E-state index contributed by atoms with van der Waals surface area (Å²) in [6, 6.07) is 3.05. The molecule has 0 spiro atoms. The van der Waals surface area contributed by atoms with Crippen LogP contribution in [0.5, 0.6) is 0 Å². The Morgan fingerprint density at radius 2 is 2.09 bits per heavy atom. The maximum absolute atomic E-state index is 11.8. The number of hydrogen-bond donors (Lipinski definition) is 1. The molecule has 1 N–H and O–H groups in total. The first kappa shape index (κ1) is 19.2. The second-order valence-corrected chi connectivity index (χ2v) is 13.1. The predicted octanol–water partition coefficient (Wildman–Crippen LogP) is 3.41. The fraction of sp³-hybridized carbons (Fsp3) is 0.667. The summed E-state index contributed by atoms with van der Waals surface area (Å²) < 4.78 is 12.2. The molecule has 0 aliphatic heterocycles. The van der Waals surface area contributed by atoms with Gasteiger partial charge in [0.2, 0.25) is 0 Å². The van der Waals surface area contributed by atoms with Gasteiger partial charge in [-0.3, -0.25) is 5.32 Å². The first-order valence-electron chi connectivity index (χ1n) is 7.55. The van der Waals surface area contributed by atoms with Gasteiger partial charge in [-0.1, -0.05) is 19.6 Å². The maximum Gasteiger partial charge on any atom is 0.413 e. The van der Waals surface area contributed by atoms with Crippen molar-refractivity contribution in [2.75, 3.05) is 11.9 Å². The van der Waals surface area contributed by atoms with Crippen LogP contribution in [-0.4, -0.2) is 36.2 Å². The van der Waals surface area contributed by atoms with Crippen LogP contribution in [0, 0.1) is 11.3 Å². The molecule has 0 aliphatic carbocycles. The molecule has 0 atom stereocenters. The fourth-order valence-corrected chi connectivity index (χ4v) is 2.36. The summed E-state index contributed by atoms with van der Waals surface area (Å²) in [5.41, 5.74) is -0.343. The Morgan fingerprint density at radius 3 is 2.61 bits per heavy atom. The maximum atomic E-state index is 11.8. The van der Waals surface area contributed by atoms with Crippen LogP contribution in [-0.2, 0) is 16.2 Å².